The monoisotopic (exact) mass is 555 g/mol. The third kappa shape index (κ3) is 5.98. The highest BCUT2D eigenvalue weighted by Gasteiger charge is 2.38. The zero-order valence-electron chi connectivity index (χ0n) is 20.1. The Hall–Kier alpha value is -3.97. The number of benzene rings is 2. The molecule has 9 nitrogen and oxygen atoms in total. The summed E-state index contributed by atoms with van der Waals surface area (Å²) in [7, 11) is 1.45. The van der Waals surface area contributed by atoms with Crippen LogP contribution in [0.5, 0.6) is 11.5 Å². The lowest BCUT2D eigenvalue weighted by molar-refractivity contribution is -0.139. The Labute approximate surface area is 217 Å². The molecule has 1 aliphatic heterocycles. The van der Waals surface area contributed by atoms with Crippen molar-refractivity contribution < 1.29 is 28.5 Å². The molecule has 3 rings (SSSR count). The van der Waals surface area contributed by atoms with Gasteiger partial charge in [0.25, 0.3) is 5.91 Å². The maximum Gasteiger partial charge on any atom is 0.338 e. The Bertz CT molecular complexity index is 1250. The SMILES string of the molecule is CCOC(=O)C1=C(C)OC(N)=C(C#N)C1c1cc(OC)c(OCC(=O)NCc2ccccc2)cc1Br. The number of hydrogen-bond acceptors (Lipinski definition) is 8. The summed E-state index contributed by atoms with van der Waals surface area (Å²) in [5.41, 5.74) is 7.67. The van der Waals surface area contributed by atoms with Crippen molar-refractivity contribution in [1.29, 1.82) is 5.26 Å². The predicted octanol–water partition coefficient (Wildman–Crippen LogP) is 3.80. The largest absolute Gasteiger partial charge is 0.493 e. The number of carbonyl (C=O) groups is 2. The maximum absolute atomic E-state index is 12.8. The summed E-state index contributed by atoms with van der Waals surface area (Å²) >= 11 is 3.50. The Morgan fingerprint density at radius 3 is 2.58 bits per heavy atom. The average Bonchev–Trinajstić information content (AvgIpc) is 2.86. The number of ether oxygens (including phenoxy) is 4. The first-order valence-corrected chi connectivity index (χ1v) is 11.9. The van der Waals surface area contributed by atoms with Gasteiger partial charge in [0.2, 0.25) is 5.88 Å². The maximum atomic E-state index is 12.8. The van der Waals surface area contributed by atoms with Gasteiger partial charge in [-0.2, -0.15) is 5.26 Å². The highest BCUT2D eigenvalue weighted by atomic mass is 79.9. The average molecular weight is 556 g/mol. The third-order valence-corrected chi connectivity index (χ3v) is 6.07. The molecule has 0 saturated carbocycles. The second-order valence-electron chi connectivity index (χ2n) is 7.69. The number of hydrogen-bond donors (Lipinski definition) is 2. The van der Waals surface area contributed by atoms with E-state index >= 15 is 0 Å². The lowest BCUT2D eigenvalue weighted by Gasteiger charge is -2.28. The van der Waals surface area contributed by atoms with Gasteiger partial charge in [0, 0.05) is 11.0 Å². The fraction of sp³-hybridized carbons (Fsp3) is 0.269. The molecule has 2 aromatic carbocycles. The van der Waals surface area contributed by atoms with Gasteiger partial charge in [-0.25, -0.2) is 4.79 Å². The normalized spacial score (nSPS) is 15.0. The van der Waals surface area contributed by atoms with Gasteiger partial charge in [0.1, 0.15) is 17.4 Å². The van der Waals surface area contributed by atoms with E-state index in [4.69, 9.17) is 24.7 Å². The first kappa shape index (κ1) is 26.6. The van der Waals surface area contributed by atoms with Gasteiger partial charge >= 0.3 is 5.97 Å². The summed E-state index contributed by atoms with van der Waals surface area (Å²) in [5, 5.41) is 12.6. The Morgan fingerprint density at radius 1 is 1.22 bits per heavy atom. The van der Waals surface area contributed by atoms with E-state index in [1.807, 2.05) is 36.4 Å². The molecule has 0 saturated heterocycles. The minimum atomic E-state index is -0.866. The lowest BCUT2D eigenvalue weighted by atomic mass is 9.83. The number of nitrogens with two attached hydrogens (primary N) is 1. The number of nitrogens with zero attached hydrogens (tertiary/aromatic N) is 1. The standard InChI is InChI=1S/C26H26BrN3O6/c1-4-34-26(32)23-15(2)36-25(29)18(12-28)24(23)17-10-20(33-3)21(11-19(17)27)35-14-22(31)30-13-16-8-6-5-7-9-16/h5-11,24H,4,13-14,29H2,1-3H3,(H,30,31). The summed E-state index contributed by atoms with van der Waals surface area (Å²) in [6.45, 7) is 3.54. The second-order valence-corrected chi connectivity index (χ2v) is 8.55. The van der Waals surface area contributed by atoms with Crippen LogP contribution in [0.2, 0.25) is 0 Å². The van der Waals surface area contributed by atoms with Crippen LogP contribution in [0, 0.1) is 11.3 Å². The number of esters is 1. The lowest BCUT2D eigenvalue weighted by Crippen LogP contribution is -2.28. The fourth-order valence-corrected chi connectivity index (χ4v) is 4.25. The van der Waals surface area contributed by atoms with Crippen LogP contribution in [-0.4, -0.2) is 32.2 Å². The zero-order valence-corrected chi connectivity index (χ0v) is 21.7. The van der Waals surface area contributed by atoms with Gasteiger partial charge in [-0.3, -0.25) is 4.79 Å². The van der Waals surface area contributed by atoms with Gasteiger partial charge in [0.05, 0.1) is 25.2 Å². The molecule has 1 atom stereocenters. The van der Waals surface area contributed by atoms with Crippen LogP contribution in [0.25, 0.3) is 0 Å². The van der Waals surface area contributed by atoms with Gasteiger partial charge in [-0.15, -0.1) is 0 Å². The van der Waals surface area contributed by atoms with Crippen molar-refractivity contribution in [3.05, 3.63) is 80.9 Å². The molecule has 188 valence electrons. The molecule has 0 aromatic heterocycles. The van der Waals surface area contributed by atoms with E-state index < -0.39 is 11.9 Å². The van der Waals surface area contributed by atoms with Gasteiger partial charge < -0.3 is 30.0 Å². The first-order chi connectivity index (χ1) is 17.3. The molecular weight excluding hydrogens is 530 g/mol. The summed E-state index contributed by atoms with van der Waals surface area (Å²) < 4.78 is 22.4. The number of allylic oxidation sites excluding steroid dienone is 2. The van der Waals surface area contributed by atoms with E-state index in [0.717, 1.165) is 5.56 Å². The molecule has 1 amide bonds. The molecule has 3 N–H and O–H groups in total. The number of amides is 1. The van der Waals surface area contributed by atoms with Crippen LogP contribution in [0.15, 0.2) is 69.7 Å². The molecule has 2 aromatic rings. The van der Waals surface area contributed by atoms with Crippen molar-refractivity contribution in [2.24, 2.45) is 5.73 Å². The summed E-state index contributed by atoms with van der Waals surface area (Å²) in [5.74, 6) is -1.08. The Balaban J connectivity index is 1.88. The minimum absolute atomic E-state index is 0.0559. The topological polar surface area (TPSA) is 133 Å². The van der Waals surface area contributed by atoms with Crippen molar-refractivity contribution >= 4 is 27.8 Å². The van der Waals surface area contributed by atoms with E-state index in [9.17, 15) is 14.9 Å². The zero-order chi connectivity index (χ0) is 26.2. The molecule has 1 aliphatic rings. The Morgan fingerprint density at radius 2 is 1.94 bits per heavy atom. The fourth-order valence-electron chi connectivity index (χ4n) is 3.70. The predicted molar refractivity (Wildman–Crippen MR) is 134 cm³/mol. The molecule has 0 radical (unpaired) electrons. The minimum Gasteiger partial charge on any atom is -0.493 e. The molecule has 1 heterocycles. The number of nitrogens with one attached hydrogen (secondary N) is 1. The van der Waals surface area contributed by atoms with Crippen molar-refractivity contribution in [3.8, 4) is 17.6 Å². The summed E-state index contributed by atoms with van der Waals surface area (Å²) in [4.78, 5) is 25.1. The number of rotatable bonds is 9. The molecule has 0 spiro atoms. The van der Waals surface area contributed by atoms with E-state index in [0.29, 0.717) is 28.1 Å². The highest BCUT2D eigenvalue weighted by Crippen LogP contribution is 2.45. The van der Waals surface area contributed by atoms with Crippen molar-refractivity contribution in [1.82, 2.24) is 5.32 Å². The van der Waals surface area contributed by atoms with Crippen LogP contribution < -0.4 is 20.5 Å². The molecule has 0 aliphatic carbocycles. The van der Waals surface area contributed by atoms with Crippen LogP contribution in [0.4, 0.5) is 0 Å². The number of nitriles is 1. The third-order valence-electron chi connectivity index (χ3n) is 5.39. The van der Waals surface area contributed by atoms with E-state index in [2.05, 4.69) is 21.2 Å². The van der Waals surface area contributed by atoms with E-state index in [-0.39, 0.29) is 41.9 Å². The van der Waals surface area contributed by atoms with Gasteiger partial charge in [-0.05, 0) is 37.1 Å². The van der Waals surface area contributed by atoms with Crippen LogP contribution in [-0.2, 0) is 25.6 Å². The smallest absolute Gasteiger partial charge is 0.338 e. The molecule has 10 heteroatoms. The number of halogens is 1. The number of carbonyl (C=O) groups excluding carboxylic acids is 2. The van der Waals surface area contributed by atoms with Crippen molar-refractivity contribution in [2.45, 2.75) is 26.3 Å². The summed E-state index contributed by atoms with van der Waals surface area (Å²) in [6.07, 6.45) is 0. The molecule has 36 heavy (non-hydrogen) atoms. The molecule has 1 unspecified atom stereocenters. The van der Waals surface area contributed by atoms with E-state index in [1.165, 1.54) is 7.11 Å². The Kier molecular flexibility index (Phi) is 8.97. The van der Waals surface area contributed by atoms with E-state index in [1.54, 1.807) is 26.0 Å². The van der Waals surface area contributed by atoms with Crippen molar-refractivity contribution in [3.63, 3.8) is 0 Å². The summed E-state index contributed by atoms with van der Waals surface area (Å²) in [6, 6.07) is 14.8. The van der Waals surface area contributed by atoms with Gasteiger partial charge in [0.15, 0.2) is 18.1 Å². The van der Waals surface area contributed by atoms with Crippen molar-refractivity contribution in [2.75, 3.05) is 20.3 Å². The molecule has 0 fully saturated rings. The molecular formula is C26H26BrN3O6. The van der Waals surface area contributed by atoms with Crippen LogP contribution in [0.1, 0.15) is 30.9 Å². The number of methoxy groups -OCH3 is 1. The first-order valence-electron chi connectivity index (χ1n) is 11.1. The quantitative estimate of drug-likeness (QED) is 0.446. The van der Waals surface area contributed by atoms with Crippen LogP contribution >= 0.6 is 15.9 Å². The highest BCUT2D eigenvalue weighted by molar-refractivity contribution is 9.10. The van der Waals surface area contributed by atoms with Crippen LogP contribution in [0.3, 0.4) is 0 Å². The second kappa shape index (κ2) is 12.1. The molecule has 0 bridgehead atoms. The van der Waals surface area contributed by atoms with Gasteiger partial charge in [-0.1, -0.05) is 46.3 Å².